The molecule has 52 heavy (non-hydrogen) atoms. The predicted molar refractivity (Wildman–Crippen MR) is 216 cm³/mol. The molecule has 2 rings (SSSR count). The maximum Gasteiger partial charge on any atom is 0.173 e. The monoisotopic (exact) mass is 915 g/mol. The molecule has 2 aromatic rings. The zero-order valence-electron chi connectivity index (χ0n) is 35.1. The molecular weight excluding hydrogens is 834 g/mol. The summed E-state index contributed by atoms with van der Waals surface area (Å²) in [7, 11) is 9.80. The third-order valence-electron chi connectivity index (χ3n) is 10.7. The van der Waals surface area contributed by atoms with Gasteiger partial charge in [0.05, 0.1) is 41.3 Å². The molecule has 1 aromatic carbocycles. The van der Waals surface area contributed by atoms with Crippen molar-refractivity contribution in [2.75, 3.05) is 41.3 Å². The van der Waals surface area contributed by atoms with Crippen LogP contribution in [-0.2, 0) is 19.6 Å². The van der Waals surface area contributed by atoms with Crippen LogP contribution in [0.5, 0.6) is 0 Å². The zero-order valence-corrected chi connectivity index (χ0v) is 39.9. The standard InChI is InChI=1S/C46H84N3.3BrH/c1-7-9-11-13-15-17-19-21-23-25-27-32-36-48(3,4)42-45-38-44(41-47-34-30-29-31-35-47)39-46(40-45)43-49(5,6)37-33-28-26-24-22-20-18-16-14-12-10-8-2;;;/h29-31,34-35,38-40H,7-28,32-33,36-37,41-43H2,1-6H3;3*1H/q+3;;;/p-3. The van der Waals surface area contributed by atoms with Gasteiger partial charge in [0, 0.05) is 28.8 Å². The predicted octanol–water partition coefficient (Wildman–Crippen LogP) is 3.59. The lowest BCUT2D eigenvalue weighted by Crippen LogP contribution is -3.00. The van der Waals surface area contributed by atoms with Crippen molar-refractivity contribution < 1.29 is 64.5 Å². The molecule has 0 aliphatic rings. The highest BCUT2D eigenvalue weighted by atomic mass is 79.9. The normalized spacial score (nSPS) is 11.5. The fourth-order valence-electron chi connectivity index (χ4n) is 7.77. The Morgan fingerprint density at radius 2 is 0.673 bits per heavy atom. The number of unbranched alkanes of at least 4 members (excludes halogenated alkanes) is 22. The summed E-state index contributed by atoms with van der Waals surface area (Å²) in [5.41, 5.74) is 4.47. The number of hydrogen-bond donors (Lipinski definition) is 0. The van der Waals surface area contributed by atoms with Crippen LogP contribution in [0.4, 0.5) is 0 Å². The number of benzene rings is 1. The van der Waals surface area contributed by atoms with Crippen molar-refractivity contribution in [3.63, 3.8) is 0 Å². The number of rotatable bonds is 32. The summed E-state index contributed by atoms with van der Waals surface area (Å²) in [6, 6.07) is 13.9. The first kappa shape index (κ1) is 53.8. The van der Waals surface area contributed by atoms with Crippen LogP contribution in [0.2, 0.25) is 0 Å². The molecule has 0 bridgehead atoms. The second-order valence-corrected chi connectivity index (χ2v) is 17.1. The third kappa shape index (κ3) is 29.1. The van der Waals surface area contributed by atoms with E-state index in [1.54, 1.807) is 0 Å². The summed E-state index contributed by atoms with van der Waals surface area (Å²) in [6.45, 7) is 10.3. The Hall–Kier alpha value is -0.270. The molecular formula is C46H84Br3N3. The average molecular weight is 919 g/mol. The largest absolute Gasteiger partial charge is 1.00 e. The zero-order chi connectivity index (χ0) is 35.5. The first-order valence-electron chi connectivity index (χ1n) is 21.4. The van der Waals surface area contributed by atoms with Crippen molar-refractivity contribution in [1.29, 1.82) is 0 Å². The average Bonchev–Trinajstić information content (AvgIpc) is 3.05. The summed E-state index contributed by atoms with van der Waals surface area (Å²) < 4.78 is 4.48. The molecule has 0 aliphatic heterocycles. The van der Waals surface area contributed by atoms with Gasteiger partial charge < -0.3 is 59.9 Å². The smallest absolute Gasteiger partial charge is 0.173 e. The van der Waals surface area contributed by atoms with Gasteiger partial charge in [-0.2, -0.15) is 0 Å². The number of pyridine rings is 1. The van der Waals surface area contributed by atoms with Crippen molar-refractivity contribution >= 4 is 0 Å². The van der Waals surface area contributed by atoms with E-state index in [4.69, 9.17) is 0 Å². The molecule has 0 radical (unpaired) electrons. The molecule has 0 N–H and O–H groups in total. The van der Waals surface area contributed by atoms with Crippen molar-refractivity contribution in [2.24, 2.45) is 0 Å². The molecule has 0 spiro atoms. The van der Waals surface area contributed by atoms with Gasteiger partial charge in [0.15, 0.2) is 18.9 Å². The Labute approximate surface area is 356 Å². The van der Waals surface area contributed by atoms with E-state index >= 15 is 0 Å². The summed E-state index contributed by atoms with van der Waals surface area (Å²) in [6.07, 6.45) is 38.5. The molecule has 304 valence electrons. The van der Waals surface area contributed by atoms with Crippen LogP contribution in [0.25, 0.3) is 0 Å². The molecule has 0 fully saturated rings. The van der Waals surface area contributed by atoms with Gasteiger partial charge in [0.2, 0.25) is 0 Å². The van der Waals surface area contributed by atoms with E-state index in [1.807, 2.05) is 0 Å². The lowest BCUT2D eigenvalue weighted by Gasteiger charge is -2.32. The van der Waals surface area contributed by atoms with Crippen LogP contribution < -0.4 is 55.5 Å². The van der Waals surface area contributed by atoms with E-state index in [-0.39, 0.29) is 50.9 Å². The van der Waals surface area contributed by atoms with Gasteiger partial charge in [-0.1, -0.05) is 148 Å². The molecule has 6 heteroatoms. The second kappa shape index (κ2) is 34.0. The molecule has 0 aliphatic carbocycles. The van der Waals surface area contributed by atoms with Crippen LogP contribution in [-0.4, -0.2) is 50.2 Å². The highest BCUT2D eigenvalue weighted by Crippen LogP contribution is 2.21. The minimum absolute atomic E-state index is 0. The highest BCUT2D eigenvalue weighted by Gasteiger charge is 2.20. The maximum absolute atomic E-state index is 2.55. The van der Waals surface area contributed by atoms with Crippen molar-refractivity contribution in [3.8, 4) is 0 Å². The fraction of sp³-hybridized carbons (Fsp3) is 0.761. The van der Waals surface area contributed by atoms with Crippen LogP contribution >= 0.6 is 0 Å². The van der Waals surface area contributed by atoms with Crippen LogP contribution in [0, 0.1) is 0 Å². The number of quaternary nitrogens is 2. The van der Waals surface area contributed by atoms with Crippen molar-refractivity contribution in [1.82, 2.24) is 0 Å². The summed E-state index contributed by atoms with van der Waals surface area (Å²) >= 11 is 0. The number of hydrogen-bond acceptors (Lipinski definition) is 0. The minimum Gasteiger partial charge on any atom is -1.00 e. The molecule has 1 heterocycles. The van der Waals surface area contributed by atoms with Crippen LogP contribution in [0.3, 0.4) is 0 Å². The van der Waals surface area contributed by atoms with Gasteiger partial charge in [0.1, 0.15) is 13.1 Å². The van der Waals surface area contributed by atoms with E-state index in [2.05, 4.69) is 95.4 Å². The Bertz CT molecular complexity index is 1000. The molecule has 0 amide bonds. The Balaban J connectivity index is 0. The van der Waals surface area contributed by atoms with Gasteiger partial charge in [-0.15, -0.1) is 0 Å². The Kier molecular flexibility index (Phi) is 35.2. The van der Waals surface area contributed by atoms with Gasteiger partial charge >= 0.3 is 0 Å². The topological polar surface area (TPSA) is 3.88 Å². The molecule has 1 aromatic heterocycles. The molecule has 0 saturated carbocycles. The van der Waals surface area contributed by atoms with E-state index in [0.717, 1.165) is 28.6 Å². The number of aromatic nitrogens is 1. The van der Waals surface area contributed by atoms with Gasteiger partial charge in [0.25, 0.3) is 0 Å². The highest BCUT2D eigenvalue weighted by molar-refractivity contribution is 5.29. The molecule has 0 saturated heterocycles. The lowest BCUT2D eigenvalue weighted by atomic mass is 10.0. The van der Waals surface area contributed by atoms with E-state index in [9.17, 15) is 0 Å². The number of nitrogens with zero attached hydrogens (tertiary/aromatic N) is 3. The fourth-order valence-corrected chi connectivity index (χ4v) is 7.77. The van der Waals surface area contributed by atoms with Crippen LogP contribution in [0.15, 0.2) is 48.8 Å². The lowest BCUT2D eigenvalue weighted by molar-refractivity contribution is -0.904. The number of halogens is 3. The van der Waals surface area contributed by atoms with Crippen LogP contribution in [0.1, 0.15) is 185 Å². The first-order chi connectivity index (χ1) is 23.7. The summed E-state index contributed by atoms with van der Waals surface area (Å²) in [5, 5.41) is 0. The first-order valence-corrected chi connectivity index (χ1v) is 21.4. The third-order valence-corrected chi connectivity index (χ3v) is 10.7. The van der Waals surface area contributed by atoms with Gasteiger partial charge in [-0.25, -0.2) is 4.57 Å². The Morgan fingerprint density at radius 1 is 0.385 bits per heavy atom. The van der Waals surface area contributed by atoms with Crippen molar-refractivity contribution in [3.05, 3.63) is 65.5 Å². The SMILES string of the molecule is CCCCCCCCCCCCCC[N+](C)(C)Cc1cc(C[n+]2ccccc2)cc(C[N+](C)(C)CCCCCCCCCCCCCC)c1.[Br-].[Br-].[Br-]. The quantitative estimate of drug-likeness (QED) is 0.0602. The maximum atomic E-state index is 2.55. The summed E-state index contributed by atoms with van der Waals surface area (Å²) in [5.74, 6) is 0. The second-order valence-electron chi connectivity index (χ2n) is 17.1. The van der Waals surface area contributed by atoms with E-state index in [1.165, 1.54) is 184 Å². The van der Waals surface area contributed by atoms with Gasteiger partial charge in [-0.05, 0) is 43.9 Å². The summed E-state index contributed by atoms with van der Waals surface area (Å²) in [4.78, 5) is 0. The Morgan fingerprint density at radius 3 is 1.00 bits per heavy atom. The van der Waals surface area contributed by atoms with E-state index in [0.29, 0.717) is 0 Å². The molecule has 3 nitrogen and oxygen atoms in total. The minimum atomic E-state index is 0. The molecule has 0 atom stereocenters. The van der Waals surface area contributed by atoms with E-state index < -0.39 is 0 Å². The van der Waals surface area contributed by atoms with Gasteiger partial charge in [-0.3, -0.25) is 0 Å². The van der Waals surface area contributed by atoms with Crippen molar-refractivity contribution in [2.45, 2.75) is 188 Å². The molecule has 0 unspecified atom stereocenters.